The van der Waals surface area contributed by atoms with Crippen molar-refractivity contribution >= 4 is 34.8 Å². The molecule has 1 aliphatic rings. The Hall–Kier alpha value is -2.54. The summed E-state index contributed by atoms with van der Waals surface area (Å²) in [5.74, 6) is 0.244. The summed E-state index contributed by atoms with van der Waals surface area (Å²) in [5.41, 5.74) is 10.0. The van der Waals surface area contributed by atoms with Crippen molar-refractivity contribution < 1.29 is 14.6 Å². The van der Waals surface area contributed by atoms with E-state index in [1.807, 2.05) is 25.1 Å². The van der Waals surface area contributed by atoms with Crippen LogP contribution in [-0.4, -0.2) is 54.0 Å². The molecular formula is C26H31Cl2N3O3. The van der Waals surface area contributed by atoms with Crippen LogP contribution in [0.3, 0.4) is 0 Å². The van der Waals surface area contributed by atoms with Crippen LogP contribution in [0.1, 0.15) is 48.7 Å². The zero-order valence-electron chi connectivity index (χ0n) is 20.2. The van der Waals surface area contributed by atoms with Gasteiger partial charge in [-0.3, -0.25) is 9.79 Å². The van der Waals surface area contributed by atoms with Crippen molar-refractivity contribution in [2.45, 2.75) is 45.3 Å². The third-order valence-corrected chi connectivity index (χ3v) is 6.53. The van der Waals surface area contributed by atoms with Gasteiger partial charge in [-0.2, -0.15) is 0 Å². The number of nitrogens with zero attached hydrogens (tertiary/aromatic N) is 2. The van der Waals surface area contributed by atoms with Crippen LogP contribution in [0.5, 0.6) is 5.75 Å². The van der Waals surface area contributed by atoms with Crippen molar-refractivity contribution in [3.8, 4) is 5.75 Å². The molecule has 2 aromatic rings. The van der Waals surface area contributed by atoms with E-state index in [0.29, 0.717) is 41.4 Å². The Labute approximate surface area is 211 Å². The lowest BCUT2D eigenvalue weighted by atomic mass is 9.89. The third kappa shape index (κ3) is 5.57. The van der Waals surface area contributed by atoms with Gasteiger partial charge in [0.05, 0.1) is 35.1 Å². The molecular weight excluding hydrogens is 473 g/mol. The molecule has 0 spiro atoms. The lowest BCUT2D eigenvalue weighted by Gasteiger charge is -2.36. The molecule has 1 amide bonds. The number of amides is 1. The number of halogens is 2. The second kappa shape index (κ2) is 10.4. The number of rotatable bonds is 6. The van der Waals surface area contributed by atoms with Crippen molar-refractivity contribution in [3.63, 3.8) is 0 Å². The molecule has 1 atom stereocenters. The van der Waals surface area contributed by atoms with E-state index in [9.17, 15) is 9.90 Å². The van der Waals surface area contributed by atoms with Crippen molar-refractivity contribution in [3.05, 3.63) is 74.4 Å². The Kier molecular flexibility index (Phi) is 7.96. The molecule has 6 nitrogen and oxygen atoms in total. The van der Waals surface area contributed by atoms with Gasteiger partial charge >= 0.3 is 0 Å². The smallest absolute Gasteiger partial charge is 0.256 e. The van der Waals surface area contributed by atoms with E-state index in [2.05, 4.69) is 4.99 Å². The Morgan fingerprint density at radius 2 is 2.00 bits per heavy atom. The topological polar surface area (TPSA) is 88.2 Å². The summed E-state index contributed by atoms with van der Waals surface area (Å²) in [4.78, 5) is 19.6. The monoisotopic (exact) mass is 503 g/mol. The second-order valence-electron chi connectivity index (χ2n) is 9.09. The number of aliphatic hydroxyl groups is 1. The van der Waals surface area contributed by atoms with Gasteiger partial charge in [0.2, 0.25) is 0 Å². The van der Waals surface area contributed by atoms with Gasteiger partial charge in [0.25, 0.3) is 5.91 Å². The van der Waals surface area contributed by atoms with Gasteiger partial charge in [-0.25, -0.2) is 0 Å². The van der Waals surface area contributed by atoms with Crippen LogP contribution < -0.4 is 10.5 Å². The highest BCUT2D eigenvalue weighted by molar-refractivity contribution is 6.35. The first-order chi connectivity index (χ1) is 16.0. The number of hydrogen-bond donors (Lipinski definition) is 2. The molecule has 0 unspecified atom stereocenters. The lowest BCUT2D eigenvalue weighted by molar-refractivity contribution is 0.0706. The summed E-state index contributed by atoms with van der Waals surface area (Å²) in [6.45, 7) is 5.86. The molecule has 2 aromatic carbocycles. The molecule has 34 heavy (non-hydrogen) atoms. The Bertz CT molecular complexity index is 1150. The third-order valence-electron chi connectivity index (χ3n) is 5.92. The largest absolute Gasteiger partial charge is 0.495 e. The average Bonchev–Trinajstić information content (AvgIpc) is 2.75. The predicted octanol–water partition coefficient (Wildman–Crippen LogP) is 4.88. The molecule has 0 radical (unpaired) electrons. The summed E-state index contributed by atoms with van der Waals surface area (Å²) < 4.78 is 5.25. The van der Waals surface area contributed by atoms with Gasteiger partial charge in [-0.1, -0.05) is 29.3 Å². The van der Waals surface area contributed by atoms with E-state index in [1.165, 1.54) is 7.11 Å². The molecule has 0 bridgehead atoms. The van der Waals surface area contributed by atoms with Crippen LogP contribution in [0.2, 0.25) is 10.0 Å². The molecule has 1 aliphatic heterocycles. The van der Waals surface area contributed by atoms with E-state index < -0.39 is 5.60 Å². The zero-order chi connectivity index (χ0) is 25.2. The van der Waals surface area contributed by atoms with Crippen LogP contribution in [-0.2, 0) is 6.42 Å². The minimum Gasteiger partial charge on any atom is -0.495 e. The molecule has 8 heteroatoms. The molecule has 0 fully saturated rings. The standard InChI is InChI=1S/C26H31Cl2N3O3/c1-15-23(29)20(9-10-31(15)25(32)19-7-6-8-21(34-5)22(19)28)24(30-4)17-11-16(12-18(27)13-17)14-26(2,3)33/h6-8,11-13,15,33H,9-10,14,29H2,1-5H3/t15-/m0/s1. The fourth-order valence-corrected chi connectivity index (χ4v) is 4.88. The minimum atomic E-state index is -0.870. The maximum Gasteiger partial charge on any atom is 0.256 e. The van der Waals surface area contributed by atoms with Gasteiger partial charge in [-0.05, 0) is 63.1 Å². The van der Waals surface area contributed by atoms with Crippen molar-refractivity contribution in [1.29, 1.82) is 0 Å². The lowest BCUT2D eigenvalue weighted by Crippen LogP contribution is -2.46. The summed E-state index contributed by atoms with van der Waals surface area (Å²) >= 11 is 12.8. The van der Waals surface area contributed by atoms with Crippen LogP contribution >= 0.6 is 23.2 Å². The van der Waals surface area contributed by atoms with E-state index in [4.69, 9.17) is 33.7 Å². The minimum absolute atomic E-state index is 0.205. The first kappa shape index (κ1) is 26.1. The van der Waals surface area contributed by atoms with Gasteiger partial charge in [-0.15, -0.1) is 0 Å². The highest BCUT2D eigenvalue weighted by Crippen LogP contribution is 2.32. The van der Waals surface area contributed by atoms with Gasteiger partial charge in [0.15, 0.2) is 0 Å². The number of benzene rings is 2. The first-order valence-corrected chi connectivity index (χ1v) is 11.8. The fourth-order valence-electron chi connectivity index (χ4n) is 4.34. The van der Waals surface area contributed by atoms with Gasteiger partial charge in [0, 0.05) is 41.9 Å². The van der Waals surface area contributed by atoms with Gasteiger partial charge in [0.1, 0.15) is 5.75 Å². The molecule has 0 aliphatic carbocycles. The highest BCUT2D eigenvalue weighted by atomic mass is 35.5. The number of carbonyl (C=O) groups is 1. The van der Waals surface area contributed by atoms with E-state index >= 15 is 0 Å². The zero-order valence-corrected chi connectivity index (χ0v) is 21.7. The van der Waals surface area contributed by atoms with Crippen LogP contribution in [0.15, 0.2) is 52.7 Å². The fraction of sp³-hybridized carbons (Fsp3) is 0.385. The summed E-state index contributed by atoms with van der Waals surface area (Å²) in [6.07, 6.45) is 0.982. The Balaban J connectivity index is 1.94. The molecule has 1 heterocycles. The van der Waals surface area contributed by atoms with E-state index in [-0.39, 0.29) is 17.0 Å². The number of ether oxygens (including phenoxy) is 1. The normalized spacial score (nSPS) is 17.2. The molecule has 0 aromatic heterocycles. The maximum atomic E-state index is 13.3. The average molecular weight is 504 g/mol. The summed E-state index contributed by atoms with van der Waals surface area (Å²) in [7, 11) is 3.23. The maximum absolute atomic E-state index is 13.3. The number of hydrogen-bond acceptors (Lipinski definition) is 5. The molecule has 0 saturated heterocycles. The number of aliphatic imine (C=N–C) groups is 1. The molecule has 182 valence electrons. The van der Waals surface area contributed by atoms with Gasteiger partial charge < -0.3 is 20.5 Å². The number of methoxy groups -OCH3 is 1. The van der Waals surface area contributed by atoms with Crippen molar-refractivity contribution in [1.82, 2.24) is 4.90 Å². The van der Waals surface area contributed by atoms with Crippen LogP contribution in [0, 0.1) is 0 Å². The Morgan fingerprint density at radius 1 is 1.29 bits per heavy atom. The number of nitrogens with two attached hydrogens (primary N) is 1. The first-order valence-electron chi connectivity index (χ1n) is 11.1. The molecule has 3 rings (SSSR count). The van der Waals surface area contributed by atoms with Crippen LogP contribution in [0.4, 0.5) is 0 Å². The SMILES string of the molecule is CN=C(C1=C(N)[C@H](C)N(C(=O)c2cccc(OC)c2Cl)CC1)c1cc(Cl)cc(CC(C)(C)O)c1. The highest BCUT2D eigenvalue weighted by Gasteiger charge is 2.32. The summed E-state index contributed by atoms with van der Waals surface area (Å²) in [5, 5.41) is 11.1. The van der Waals surface area contributed by atoms with Crippen molar-refractivity contribution in [2.75, 3.05) is 20.7 Å². The molecule has 3 N–H and O–H groups in total. The van der Waals surface area contributed by atoms with E-state index in [1.54, 1.807) is 44.0 Å². The van der Waals surface area contributed by atoms with Crippen LogP contribution in [0.25, 0.3) is 0 Å². The van der Waals surface area contributed by atoms with Crippen molar-refractivity contribution in [2.24, 2.45) is 10.7 Å². The Morgan fingerprint density at radius 3 is 2.62 bits per heavy atom. The second-order valence-corrected chi connectivity index (χ2v) is 9.90. The molecule has 0 saturated carbocycles. The number of carbonyl (C=O) groups excluding carboxylic acids is 1. The van der Waals surface area contributed by atoms with E-state index in [0.717, 1.165) is 22.4 Å². The quantitative estimate of drug-likeness (QED) is 0.549. The predicted molar refractivity (Wildman–Crippen MR) is 138 cm³/mol. The summed E-state index contributed by atoms with van der Waals surface area (Å²) in [6, 6.07) is 10.4.